The van der Waals surface area contributed by atoms with Crippen LogP contribution in [0.1, 0.15) is 30.9 Å². The third kappa shape index (κ3) is 6.27. The minimum Gasteiger partial charge on any atom is -0.354 e. The van der Waals surface area contributed by atoms with Crippen molar-refractivity contribution in [3.63, 3.8) is 0 Å². The van der Waals surface area contributed by atoms with Gasteiger partial charge in [-0.1, -0.05) is 41.9 Å². The molecule has 6 nitrogen and oxygen atoms in total. The van der Waals surface area contributed by atoms with Crippen molar-refractivity contribution in [2.45, 2.75) is 30.2 Å². The van der Waals surface area contributed by atoms with E-state index in [0.717, 1.165) is 13.1 Å². The van der Waals surface area contributed by atoms with E-state index in [0.29, 0.717) is 11.6 Å². The number of likely N-dealkylation sites (tertiary alicyclic amines) is 1. The van der Waals surface area contributed by atoms with Gasteiger partial charge >= 0.3 is 0 Å². The number of carbonyl (C=O) groups excluding carboxylic acids is 1. The average Bonchev–Trinajstić information content (AvgIpc) is 3.24. The SMILES string of the molecule is O=C(CCNS(=O)(=O)c1ccc(Cl)cc1)NCC(c1ccccc1)N1CCCC1. The Balaban J connectivity index is 1.50. The maximum Gasteiger partial charge on any atom is 0.240 e. The first-order chi connectivity index (χ1) is 14.0. The van der Waals surface area contributed by atoms with Gasteiger partial charge in [0.05, 0.1) is 10.9 Å². The van der Waals surface area contributed by atoms with Crippen molar-refractivity contribution in [2.24, 2.45) is 0 Å². The van der Waals surface area contributed by atoms with Gasteiger partial charge in [-0.3, -0.25) is 9.69 Å². The van der Waals surface area contributed by atoms with Gasteiger partial charge in [-0.05, 0) is 55.8 Å². The molecule has 1 aliphatic rings. The number of carbonyl (C=O) groups is 1. The highest BCUT2D eigenvalue weighted by atomic mass is 35.5. The number of sulfonamides is 1. The standard InChI is InChI=1S/C21H26ClN3O3S/c22-18-8-10-19(11-9-18)29(27,28)24-13-12-21(26)23-16-20(25-14-4-5-15-25)17-6-2-1-3-7-17/h1-3,6-11,20,24H,4-5,12-16H2,(H,23,26). The van der Waals surface area contributed by atoms with Gasteiger partial charge in [0, 0.05) is 24.5 Å². The molecule has 1 atom stereocenters. The van der Waals surface area contributed by atoms with Crippen LogP contribution < -0.4 is 10.0 Å². The highest BCUT2D eigenvalue weighted by molar-refractivity contribution is 7.89. The van der Waals surface area contributed by atoms with E-state index >= 15 is 0 Å². The number of amides is 1. The van der Waals surface area contributed by atoms with E-state index in [9.17, 15) is 13.2 Å². The Hall–Kier alpha value is -1.93. The van der Waals surface area contributed by atoms with Crippen LogP contribution in [-0.2, 0) is 14.8 Å². The van der Waals surface area contributed by atoms with Gasteiger partial charge in [0.1, 0.15) is 0 Å². The lowest BCUT2D eigenvalue weighted by atomic mass is 10.1. The molecule has 1 amide bonds. The molecule has 1 saturated heterocycles. The summed E-state index contributed by atoms with van der Waals surface area (Å²) in [6, 6.07) is 16.2. The Kier molecular flexibility index (Phi) is 7.66. The van der Waals surface area contributed by atoms with Crippen LogP contribution >= 0.6 is 11.6 Å². The van der Waals surface area contributed by atoms with Gasteiger partial charge in [-0.25, -0.2) is 13.1 Å². The summed E-state index contributed by atoms with van der Waals surface area (Å²) in [7, 11) is -3.66. The Labute approximate surface area is 177 Å². The molecule has 1 fully saturated rings. The molecular formula is C21H26ClN3O3S. The maximum absolute atomic E-state index is 12.3. The molecular weight excluding hydrogens is 410 g/mol. The Morgan fingerprint density at radius 3 is 2.34 bits per heavy atom. The predicted molar refractivity (Wildman–Crippen MR) is 114 cm³/mol. The second-order valence-corrected chi connectivity index (χ2v) is 9.28. The first-order valence-electron chi connectivity index (χ1n) is 9.76. The van der Waals surface area contributed by atoms with Crippen LogP contribution in [0.3, 0.4) is 0 Å². The molecule has 0 aromatic heterocycles. The molecule has 0 saturated carbocycles. The predicted octanol–water partition coefficient (Wildman–Crippen LogP) is 2.96. The van der Waals surface area contributed by atoms with Crippen LogP contribution in [0.2, 0.25) is 5.02 Å². The molecule has 0 radical (unpaired) electrons. The summed E-state index contributed by atoms with van der Waals surface area (Å²) in [4.78, 5) is 14.8. The molecule has 2 N–H and O–H groups in total. The first kappa shape index (κ1) is 21.8. The Bertz CT molecular complexity index is 899. The topological polar surface area (TPSA) is 78.5 Å². The van der Waals surface area contributed by atoms with Gasteiger partial charge in [-0.15, -0.1) is 0 Å². The van der Waals surface area contributed by atoms with Crippen LogP contribution in [0.4, 0.5) is 0 Å². The molecule has 0 spiro atoms. The largest absolute Gasteiger partial charge is 0.354 e. The van der Waals surface area contributed by atoms with E-state index in [2.05, 4.69) is 27.1 Å². The number of nitrogens with one attached hydrogen (secondary N) is 2. The summed E-state index contributed by atoms with van der Waals surface area (Å²) in [6.45, 7) is 2.59. The lowest BCUT2D eigenvalue weighted by Crippen LogP contribution is -2.38. The summed E-state index contributed by atoms with van der Waals surface area (Å²) in [5.74, 6) is -0.177. The van der Waals surface area contributed by atoms with Crippen molar-refractivity contribution in [1.29, 1.82) is 0 Å². The van der Waals surface area contributed by atoms with Crippen molar-refractivity contribution in [3.05, 3.63) is 65.2 Å². The van der Waals surface area contributed by atoms with Crippen molar-refractivity contribution >= 4 is 27.5 Å². The summed E-state index contributed by atoms with van der Waals surface area (Å²) in [5.41, 5.74) is 1.18. The van der Waals surface area contributed by atoms with Crippen LogP contribution in [0.25, 0.3) is 0 Å². The molecule has 2 aromatic rings. The number of nitrogens with zero attached hydrogens (tertiary/aromatic N) is 1. The summed E-state index contributed by atoms with van der Waals surface area (Å²) in [5, 5.41) is 3.43. The Morgan fingerprint density at radius 1 is 1.03 bits per heavy atom. The zero-order chi connectivity index (χ0) is 20.7. The monoisotopic (exact) mass is 435 g/mol. The lowest BCUT2D eigenvalue weighted by molar-refractivity contribution is -0.121. The number of hydrogen-bond acceptors (Lipinski definition) is 4. The maximum atomic E-state index is 12.3. The van der Waals surface area contributed by atoms with Gasteiger partial charge in [0.25, 0.3) is 0 Å². The molecule has 3 rings (SSSR count). The molecule has 8 heteroatoms. The quantitative estimate of drug-likeness (QED) is 0.634. The molecule has 1 unspecified atom stereocenters. The van der Waals surface area contributed by atoms with Crippen molar-refractivity contribution in [3.8, 4) is 0 Å². The van der Waals surface area contributed by atoms with E-state index in [4.69, 9.17) is 11.6 Å². The zero-order valence-corrected chi connectivity index (χ0v) is 17.8. The molecule has 0 aliphatic carbocycles. The van der Waals surface area contributed by atoms with E-state index < -0.39 is 10.0 Å². The smallest absolute Gasteiger partial charge is 0.240 e. The summed E-state index contributed by atoms with van der Waals surface area (Å²) in [6.07, 6.45) is 2.42. The van der Waals surface area contributed by atoms with E-state index in [1.807, 2.05) is 18.2 Å². The van der Waals surface area contributed by atoms with E-state index in [1.54, 1.807) is 0 Å². The molecule has 2 aromatic carbocycles. The van der Waals surface area contributed by atoms with Crippen LogP contribution in [0.15, 0.2) is 59.5 Å². The number of rotatable bonds is 9. The number of benzene rings is 2. The van der Waals surface area contributed by atoms with E-state index in [-0.39, 0.29) is 29.8 Å². The van der Waals surface area contributed by atoms with Crippen LogP contribution in [0, 0.1) is 0 Å². The third-order valence-corrected chi connectivity index (χ3v) is 6.76. The third-order valence-electron chi connectivity index (χ3n) is 5.03. The van der Waals surface area contributed by atoms with Gasteiger partial charge in [0.15, 0.2) is 0 Å². The van der Waals surface area contributed by atoms with Crippen LogP contribution in [0.5, 0.6) is 0 Å². The Morgan fingerprint density at radius 2 is 1.69 bits per heavy atom. The van der Waals surface area contributed by atoms with Gasteiger partial charge in [-0.2, -0.15) is 0 Å². The molecule has 1 heterocycles. The molecule has 1 aliphatic heterocycles. The zero-order valence-electron chi connectivity index (χ0n) is 16.2. The minimum atomic E-state index is -3.66. The second kappa shape index (κ2) is 10.2. The highest BCUT2D eigenvalue weighted by Gasteiger charge is 2.23. The fraction of sp³-hybridized carbons (Fsp3) is 0.381. The van der Waals surface area contributed by atoms with E-state index in [1.165, 1.54) is 42.7 Å². The minimum absolute atomic E-state index is 0.0382. The average molecular weight is 436 g/mol. The van der Waals surface area contributed by atoms with Crippen LogP contribution in [-0.4, -0.2) is 45.4 Å². The number of halogens is 1. The normalized spacial score (nSPS) is 15.9. The highest BCUT2D eigenvalue weighted by Crippen LogP contribution is 2.24. The molecule has 29 heavy (non-hydrogen) atoms. The van der Waals surface area contributed by atoms with Gasteiger partial charge in [0.2, 0.25) is 15.9 Å². The van der Waals surface area contributed by atoms with Crippen molar-refractivity contribution < 1.29 is 13.2 Å². The summed E-state index contributed by atoms with van der Waals surface area (Å²) >= 11 is 5.79. The number of hydrogen-bond donors (Lipinski definition) is 2. The second-order valence-electron chi connectivity index (χ2n) is 7.08. The summed E-state index contributed by atoms with van der Waals surface area (Å²) < 4.78 is 27.0. The molecule has 0 bridgehead atoms. The van der Waals surface area contributed by atoms with Gasteiger partial charge < -0.3 is 5.32 Å². The fourth-order valence-electron chi connectivity index (χ4n) is 3.48. The lowest BCUT2D eigenvalue weighted by Gasteiger charge is -2.28. The van der Waals surface area contributed by atoms with Crippen molar-refractivity contribution in [1.82, 2.24) is 14.9 Å². The fourth-order valence-corrected chi connectivity index (χ4v) is 4.64. The van der Waals surface area contributed by atoms with Crippen molar-refractivity contribution in [2.75, 3.05) is 26.2 Å². The first-order valence-corrected chi connectivity index (χ1v) is 11.6. The molecule has 156 valence electrons.